The van der Waals surface area contributed by atoms with E-state index in [9.17, 15) is 13.2 Å². The van der Waals surface area contributed by atoms with Crippen LogP contribution < -0.4 is 5.32 Å². The van der Waals surface area contributed by atoms with Crippen LogP contribution in [0.5, 0.6) is 0 Å². The fraction of sp³-hybridized carbons (Fsp3) is 0.611. The summed E-state index contributed by atoms with van der Waals surface area (Å²) < 4.78 is 27.0. The van der Waals surface area contributed by atoms with Crippen LogP contribution >= 0.6 is 24.8 Å². The number of nitrogens with one attached hydrogen (secondary N) is 1. The summed E-state index contributed by atoms with van der Waals surface area (Å²) in [4.78, 5) is 17.1. The Labute approximate surface area is 180 Å². The average Bonchev–Trinajstić information content (AvgIpc) is 2.68. The predicted molar refractivity (Wildman–Crippen MR) is 115 cm³/mol. The summed E-state index contributed by atoms with van der Waals surface area (Å²) in [5.74, 6) is 0.0966. The number of sulfonamides is 1. The number of hydrogen-bond donors (Lipinski definition) is 1. The van der Waals surface area contributed by atoms with Crippen LogP contribution in [0, 0.1) is 6.92 Å². The number of rotatable bonds is 4. The molecule has 1 N–H and O–H groups in total. The van der Waals surface area contributed by atoms with Gasteiger partial charge in [-0.25, -0.2) is 8.42 Å². The number of carbonyl (C=O) groups is 1. The number of halogens is 2. The fourth-order valence-corrected chi connectivity index (χ4v) is 4.92. The Kier molecular flexibility index (Phi) is 9.66. The Morgan fingerprint density at radius 3 is 2.04 bits per heavy atom. The standard InChI is InChI=1S/C18H28N4O3S.2ClH/c1-15-3-5-17(6-4-15)26(24,25)22-13-11-21(12-14-22)18(23)16(2)20-9-7-19-8-10-20;;/h3-6,16,19H,7-14H2,1-2H3;2*1H. The summed E-state index contributed by atoms with van der Waals surface area (Å²) >= 11 is 0. The molecule has 3 rings (SSSR count). The van der Waals surface area contributed by atoms with Gasteiger partial charge in [0.25, 0.3) is 0 Å². The van der Waals surface area contributed by atoms with Crippen molar-refractivity contribution in [2.24, 2.45) is 0 Å². The van der Waals surface area contributed by atoms with E-state index in [1.165, 1.54) is 4.31 Å². The summed E-state index contributed by atoms with van der Waals surface area (Å²) in [6, 6.07) is 6.75. The molecule has 0 bridgehead atoms. The summed E-state index contributed by atoms with van der Waals surface area (Å²) in [6.07, 6.45) is 0. The molecule has 10 heteroatoms. The van der Waals surface area contributed by atoms with Crippen molar-refractivity contribution in [2.45, 2.75) is 24.8 Å². The molecule has 2 heterocycles. The zero-order valence-corrected chi connectivity index (χ0v) is 18.8. The number of aryl methyl sites for hydroxylation is 1. The second-order valence-electron chi connectivity index (χ2n) is 7.00. The molecular formula is C18H30Cl2N4O3S. The molecular weight excluding hydrogens is 423 g/mol. The van der Waals surface area contributed by atoms with Crippen molar-refractivity contribution in [3.8, 4) is 0 Å². The largest absolute Gasteiger partial charge is 0.339 e. The van der Waals surface area contributed by atoms with Gasteiger partial charge in [0.05, 0.1) is 10.9 Å². The van der Waals surface area contributed by atoms with Crippen molar-refractivity contribution in [3.05, 3.63) is 29.8 Å². The number of carbonyl (C=O) groups excluding carboxylic acids is 1. The maximum atomic E-state index is 12.8. The Morgan fingerprint density at radius 2 is 1.50 bits per heavy atom. The third-order valence-electron chi connectivity index (χ3n) is 5.27. The van der Waals surface area contributed by atoms with Crippen molar-refractivity contribution >= 4 is 40.7 Å². The van der Waals surface area contributed by atoms with E-state index < -0.39 is 10.0 Å². The van der Waals surface area contributed by atoms with E-state index in [0.29, 0.717) is 31.1 Å². The lowest BCUT2D eigenvalue weighted by Gasteiger charge is -2.38. The number of hydrogen-bond acceptors (Lipinski definition) is 5. The molecule has 1 amide bonds. The minimum Gasteiger partial charge on any atom is -0.339 e. The summed E-state index contributed by atoms with van der Waals surface area (Å²) in [7, 11) is -3.49. The van der Waals surface area contributed by atoms with Gasteiger partial charge in [-0.2, -0.15) is 4.31 Å². The molecule has 0 spiro atoms. The van der Waals surface area contributed by atoms with Crippen molar-refractivity contribution in [1.82, 2.24) is 19.4 Å². The molecule has 1 atom stereocenters. The first-order valence-electron chi connectivity index (χ1n) is 9.20. The molecule has 0 aromatic heterocycles. The van der Waals surface area contributed by atoms with Crippen LogP contribution in [0.3, 0.4) is 0 Å². The van der Waals surface area contributed by atoms with E-state index in [-0.39, 0.29) is 36.8 Å². The Balaban J connectivity index is 0.00000196. The molecule has 2 fully saturated rings. The molecule has 2 saturated heterocycles. The average molecular weight is 453 g/mol. The zero-order chi connectivity index (χ0) is 18.7. The van der Waals surface area contributed by atoms with Crippen LogP contribution in [-0.2, 0) is 14.8 Å². The van der Waals surface area contributed by atoms with Crippen LogP contribution in [-0.4, -0.2) is 86.8 Å². The van der Waals surface area contributed by atoms with Gasteiger partial charge < -0.3 is 10.2 Å². The van der Waals surface area contributed by atoms with Crippen molar-refractivity contribution in [1.29, 1.82) is 0 Å². The normalized spacial score (nSPS) is 20.0. The SMILES string of the molecule is Cc1ccc(S(=O)(=O)N2CCN(C(=O)C(C)N3CCNCC3)CC2)cc1.Cl.Cl. The minimum absolute atomic E-state index is 0. The quantitative estimate of drug-likeness (QED) is 0.736. The monoisotopic (exact) mass is 452 g/mol. The van der Waals surface area contributed by atoms with Crippen molar-refractivity contribution in [2.75, 3.05) is 52.4 Å². The van der Waals surface area contributed by atoms with Crippen LogP contribution in [0.4, 0.5) is 0 Å². The van der Waals surface area contributed by atoms with Gasteiger partial charge in [0, 0.05) is 52.4 Å². The van der Waals surface area contributed by atoms with Gasteiger partial charge >= 0.3 is 0 Å². The molecule has 28 heavy (non-hydrogen) atoms. The van der Waals surface area contributed by atoms with Gasteiger partial charge in [-0.15, -0.1) is 24.8 Å². The highest BCUT2D eigenvalue weighted by atomic mass is 35.5. The second-order valence-corrected chi connectivity index (χ2v) is 8.94. The van der Waals surface area contributed by atoms with E-state index in [4.69, 9.17) is 0 Å². The van der Waals surface area contributed by atoms with E-state index in [1.807, 2.05) is 26.0 Å². The lowest BCUT2D eigenvalue weighted by atomic mass is 10.2. The van der Waals surface area contributed by atoms with E-state index in [1.54, 1.807) is 17.0 Å². The molecule has 1 aromatic rings. The van der Waals surface area contributed by atoms with Crippen LogP contribution in [0.2, 0.25) is 0 Å². The minimum atomic E-state index is -3.49. The lowest BCUT2D eigenvalue weighted by Crippen LogP contribution is -2.57. The molecule has 1 aromatic carbocycles. The van der Waals surface area contributed by atoms with Gasteiger partial charge in [0.2, 0.25) is 15.9 Å². The van der Waals surface area contributed by atoms with E-state index >= 15 is 0 Å². The molecule has 2 aliphatic rings. The van der Waals surface area contributed by atoms with Gasteiger partial charge in [-0.1, -0.05) is 17.7 Å². The molecule has 0 aliphatic carbocycles. The van der Waals surface area contributed by atoms with Crippen LogP contribution in [0.25, 0.3) is 0 Å². The molecule has 160 valence electrons. The number of nitrogens with zero attached hydrogens (tertiary/aromatic N) is 3. The third-order valence-corrected chi connectivity index (χ3v) is 7.18. The molecule has 0 saturated carbocycles. The van der Waals surface area contributed by atoms with Gasteiger partial charge in [0.1, 0.15) is 0 Å². The fourth-order valence-electron chi connectivity index (χ4n) is 3.50. The lowest BCUT2D eigenvalue weighted by molar-refractivity contribution is -0.137. The molecule has 1 unspecified atom stereocenters. The highest BCUT2D eigenvalue weighted by Gasteiger charge is 2.33. The summed E-state index contributed by atoms with van der Waals surface area (Å²) in [5.41, 5.74) is 1.03. The van der Waals surface area contributed by atoms with Gasteiger partial charge in [-0.05, 0) is 26.0 Å². The van der Waals surface area contributed by atoms with Crippen molar-refractivity contribution < 1.29 is 13.2 Å². The first kappa shape index (κ1) is 25.1. The molecule has 2 aliphatic heterocycles. The van der Waals surface area contributed by atoms with E-state index in [0.717, 1.165) is 31.7 Å². The van der Waals surface area contributed by atoms with Crippen LogP contribution in [0.15, 0.2) is 29.2 Å². The topological polar surface area (TPSA) is 73.0 Å². The van der Waals surface area contributed by atoms with Gasteiger partial charge in [0.15, 0.2) is 0 Å². The first-order valence-corrected chi connectivity index (χ1v) is 10.6. The number of benzene rings is 1. The summed E-state index contributed by atoms with van der Waals surface area (Å²) in [5, 5.41) is 3.29. The Hall–Kier alpha value is -0.900. The van der Waals surface area contributed by atoms with E-state index in [2.05, 4.69) is 10.2 Å². The number of piperazine rings is 2. The smallest absolute Gasteiger partial charge is 0.243 e. The maximum absolute atomic E-state index is 12.8. The molecule has 0 radical (unpaired) electrons. The third kappa shape index (κ3) is 5.58. The Morgan fingerprint density at radius 1 is 0.964 bits per heavy atom. The highest BCUT2D eigenvalue weighted by Crippen LogP contribution is 2.19. The second kappa shape index (κ2) is 10.8. The highest BCUT2D eigenvalue weighted by molar-refractivity contribution is 7.89. The molecule has 7 nitrogen and oxygen atoms in total. The van der Waals surface area contributed by atoms with Crippen molar-refractivity contribution in [3.63, 3.8) is 0 Å². The number of amides is 1. The Bertz CT molecular complexity index is 732. The predicted octanol–water partition coefficient (Wildman–Crippen LogP) is 0.965. The summed E-state index contributed by atoms with van der Waals surface area (Å²) in [6.45, 7) is 9.00. The maximum Gasteiger partial charge on any atom is 0.243 e. The first-order chi connectivity index (χ1) is 12.4. The zero-order valence-electron chi connectivity index (χ0n) is 16.3. The van der Waals surface area contributed by atoms with Crippen LogP contribution in [0.1, 0.15) is 12.5 Å². The van der Waals surface area contributed by atoms with Gasteiger partial charge in [-0.3, -0.25) is 9.69 Å².